The van der Waals surface area contributed by atoms with E-state index in [1.807, 2.05) is 49.6 Å². The van der Waals surface area contributed by atoms with Crippen molar-refractivity contribution in [3.05, 3.63) is 70.5 Å². The molecule has 3 rings (SSSR count). The minimum absolute atomic E-state index is 0.0609. The van der Waals surface area contributed by atoms with Gasteiger partial charge in [0.15, 0.2) is 10.9 Å². The Morgan fingerprint density at radius 1 is 1.10 bits per heavy atom. The van der Waals surface area contributed by atoms with Gasteiger partial charge in [-0.2, -0.15) is 5.26 Å². The van der Waals surface area contributed by atoms with Gasteiger partial charge in [0.2, 0.25) is 5.91 Å². The first-order chi connectivity index (χ1) is 14.9. The summed E-state index contributed by atoms with van der Waals surface area (Å²) in [5.74, 6) is 0.515. The van der Waals surface area contributed by atoms with Crippen molar-refractivity contribution in [1.29, 1.82) is 5.26 Å². The molecule has 7 nitrogen and oxygen atoms in total. The Morgan fingerprint density at radius 2 is 1.84 bits per heavy atom. The Labute approximate surface area is 185 Å². The van der Waals surface area contributed by atoms with Crippen LogP contribution in [0.1, 0.15) is 39.8 Å². The average Bonchev–Trinajstić information content (AvgIpc) is 3.15. The number of aryl methyl sites for hydroxylation is 2. The maximum atomic E-state index is 12.5. The summed E-state index contributed by atoms with van der Waals surface area (Å²) in [5.41, 5.74) is 4.08. The highest BCUT2D eigenvalue weighted by atomic mass is 32.2. The molecule has 2 aromatic carbocycles. The molecule has 0 spiro atoms. The van der Waals surface area contributed by atoms with Crippen LogP contribution in [0.15, 0.2) is 47.6 Å². The summed E-state index contributed by atoms with van der Waals surface area (Å²) in [4.78, 5) is 24.9. The Morgan fingerprint density at radius 3 is 2.48 bits per heavy atom. The number of ketones is 1. The highest BCUT2D eigenvalue weighted by Crippen LogP contribution is 2.20. The van der Waals surface area contributed by atoms with Gasteiger partial charge in [0, 0.05) is 17.8 Å². The summed E-state index contributed by atoms with van der Waals surface area (Å²) in [7, 11) is 0. The summed E-state index contributed by atoms with van der Waals surface area (Å²) in [6.07, 6.45) is 0.0951. The zero-order valence-corrected chi connectivity index (χ0v) is 18.5. The van der Waals surface area contributed by atoms with Crippen LogP contribution < -0.4 is 5.32 Å². The fourth-order valence-electron chi connectivity index (χ4n) is 2.99. The zero-order chi connectivity index (χ0) is 22.4. The standard InChI is InChI=1S/C23H23N5O2S/c1-4-28-21(12-22(30)25-19-10-5-15(2)16(3)11-19)26-27-23(28)31-14-20(29)18-8-6-17(13-24)7-9-18/h5-11H,4,12,14H2,1-3H3,(H,25,30). The van der Waals surface area contributed by atoms with E-state index in [0.29, 0.717) is 28.7 Å². The lowest BCUT2D eigenvalue weighted by Crippen LogP contribution is -2.18. The van der Waals surface area contributed by atoms with Gasteiger partial charge in [-0.05, 0) is 56.2 Å². The normalized spacial score (nSPS) is 10.5. The Hall–Kier alpha value is -3.44. The first-order valence-corrected chi connectivity index (χ1v) is 10.8. The van der Waals surface area contributed by atoms with E-state index >= 15 is 0 Å². The van der Waals surface area contributed by atoms with Gasteiger partial charge in [0.05, 0.1) is 23.8 Å². The topological polar surface area (TPSA) is 101 Å². The summed E-state index contributed by atoms with van der Waals surface area (Å²) in [6, 6.07) is 14.4. The molecule has 0 aliphatic heterocycles. The predicted octanol–water partition coefficient (Wildman–Crippen LogP) is 3.94. The van der Waals surface area contributed by atoms with Crippen molar-refractivity contribution in [3.8, 4) is 6.07 Å². The van der Waals surface area contributed by atoms with Crippen LogP contribution in [-0.4, -0.2) is 32.2 Å². The van der Waals surface area contributed by atoms with Crippen molar-refractivity contribution < 1.29 is 9.59 Å². The zero-order valence-electron chi connectivity index (χ0n) is 17.7. The van der Waals surface area contributed by atoms with Crippen molar-refractivity contribution >= 4 is 29.1 Å². The lowest BCUT2D eigenvalue weighted by molar-refractivity contribution is -0.115. The van der Waals surface area contributed by atoms with Crippen molar-refractivity contribution in [2.75, 3.05) is 11.1 Å². The number of rotatable bonds is 8. The second-order valence-electron chi connectivity index (χ2n) is 7.07. The number of anilines is 1. The minimum atomic E-state index is -0.171. The molecule has 0 aliphatic carbocycles. The molecule has 1 amide bonds. The molecule has 0 atom stereocenters. The third-order valence-corrected chi connectivity index (χ3v) is 5.85. The van der Waals surface area contributed by atoms with E-state index in [1.165, 1.54) is 17.3 Å². The second-order valence-corrected chi connectivity index (χ2v) is 8.01. The number of hydrogen-bond acceptors (Lipinski definition) is 6. The van der Waals surface area contributed by atoms with E-state index in [-0.39, 0.29) is 23.9 Å². The van der Waals surface area contributed by atoms with Crippen LogP contribution in [0.25, 0.3) is 0 Å². The molecule has 0 aliphatic rings. The van der Waals surface area contributed by atoms with Gasteiger partial charge >= 0.3 is 0 Å². The van der Waals surface area contributed by atoms with Gasteiger partial charge in [-0.3, -0.25) is 9.59 Å². The van der Waals surface area contributed by atoms with Crippen LogP contribution in [0.2, 0.25) is 0 Å². The first-order valence-electron chi connectivity index (χ1n) is 9.86. The number of Topliss-reactive ketones (excluding diaryl/α,β-unsaturated/α-hetero) is 1. The highest BCUT2D eigenvalue weighted by molar-refractivity contribution is 7.99. The van der Waals surface area contributed by atoms with Gasteiger partial charge < -0.3 is 9.88 Å². The maximum absolute atomic E-state index is 12.5. The van der Waals surface area contributed by atoms with Crippen LogP contribution >= 0.6 is 11.8 Å². The summed E-state index contributed by atoms with van der Waals surface area (Å²) < 4.78 is 1.84. The van der Waals surface area contributed by atoms with Gasteiger partial charge in [0.25, 0.3) is 0 Å². The van der Waals surface area contributed by atoms with Gasteiger partial charge in [0.1, 0.15) is 5.82 Å². The SMILES string of the molecule is CCn1c(CC(=O)Nc2ccc(C)c(C)c2)nnc1SCC(=O)c1ccc(C#N)cc1. The summed E-state index contributed by atoms with van der Waals surface area (Å²) >= 11 is 1.28. The number of carbonyl (C=O) groups is 2. The number of carbonyl (C=O) groups excluding carboxylic acids is 2. The molecule has 0 saturated carbocycles. The van der Waals surface area contributed by atoms with E-state index in [9.17, 15) is 9.59 Å². The molecule has 1 N–H and O–H groups in total. The molecule has 0 unspecified atom stereocenters. The van der Waals surface area contributed by atoms with Crippen molar-refractivity contribution in [3.63, 3.8) is 0 Å². The van der Waals surface area contributed by atoms with Crippen LogP contribution in [-0.2, 0) is 17.8 Å². The number of nitrogens with one attached hydrogen (secondary N) is 1. The number of nitrogens with zero attached hydrogens (tertiary/aromatic N) is 4. The van der Waals surface area contributed by atoms with E-state index < -0.39 is 0 Å². The second kappa shape index (κ2) is 10.0. The van der Waals surface area contributed by atoms with Gasteiger partial charge in [-0.25, -0.2) is 0 Å². The van der Waals surface area contributed by atoms with E-state index in [4.69, 9.17) is 5.26 Å². The molecule has 31 heavy (non-hydrogen) atoms. The van der Waals surface area contributed by atoms with E-state index in [1.54, 1.807) is 24.3 Å². The van der Waals surface area contributed by atoms with Crippen molar-refractivity contribution in [2.24, 2.45) is 0 Å². The molecule has 158 valence electrons. The molecule has 1 aromatic heterocycles. The smallest absolute Gasteiger partial charge is 0.232 e. The molecule has 0 bridgehead atoms. The third-order valence-electron chi connectivity index (χ3n) is 4.89. The maximum Gasteiger partial charge on any atom is 0.232 e. The van der Waals surface area contributed by atoms with Crippen molar-refractivity contribution in [1.82, 2.24) is 14.8 Å². The monoisotopic (exact) mass is 433 g/mol. The van der Waals surface area contributed by atoms with E-state index in [0.717, 1.165) is 11.3 Å². The molecular formula is C23H23N5O2S. The first kappa shape index (κ1) is 22.2. The molecule has 0 saturated heterocycles. The molecular weight excluding hydrogens is 410 g/mol. The average molecular weight is 434 g/mol. The van der Waals surface area contributed by atoms with Crippen LogP contribution in [0.5, 0.6) is 0 Å². The number of nitriles is 1. The Bertz CT molecular complexity index is 1150. The summed E-state index contributed by atoms with van der Waals surface area (Å²) in [6.45, 7) is 6.56. The van der Waals surface area contributed by atoms with Crippen LogP contribution in [0.4, 0.5) is 5.69 Å². The lowest BCUT2D eigenvalue weighted by atomic mass is 10.1. The third kappa shape index (κ3) is 5.58. The van der Waals surface area contributed by atoms with Gasteiger partial charge in [-0.1, -0.05) is 30.0 Å². The van der Waals surface area contributed by atoms with E-state index in [2.05, 4.69) is 15.5 Å². The fraction of sp³-hybridized carbons (Fsp3) is 0.261. The van der Waals surface area contributed by atoms with Crippen LogP contribution in [0, 0.1) is 25.2 Å². The Balaban J connectivity index is 1.62. The molecule has 3 aromatic rings. The minimum Gasteiger partial charge on any atom is -0.326 e. The van der Waals surface area contributed by atoms with Crippen molar-refractivity contribution in [2.45, 2.75) is 38.9 Å². The van der Waals surface area contributed by atoms with Gasteiger partial charge in [-0.15, -0.1) is 10.2 Å². The Kier molecular flexibility index (Phi) is 7.21. The number of amides is 1. The quantitative estimate of drug-likeness (QED) is 0.426. The highest BCUT2D eigenvalue weighted by Gasteiger charge is 2.16. The largest absolute Gasteiger partial charge is 0.326 e. The predicted molar refractivity (Wildman–Crippen MR) is 120 cm³/mol. The molecule has 8 heteroatoms. The number of hydrogen-bond donors (Lipinski definition) is 1. The number of thioether (sulfide) groups is 1. The molecule has 0 radical (unpaired) electrons. The summed E-state index contributed by atoms with van der Waals surface area (Å²) in [5, 5.41) is 20.7. The lowest BCUT2D eigenvalue weighted by Gasteiger charge is -2.09. The molecule has 0 fully saturated rings. The fourth-order valence-corrected chi connectivity index (χ4v) is 3.90. The molecule has 1 heterocycles. The number of benzene rings is 2. The number of aromatic nitrogens is 3. The van der Waals surface area contributed by atoms with Crippen LogP contribution in [0.3, 0.4) is 0 Å².